The van der Waals surface area contributed by atoms with Crippen molar-refractivity contribution in [3.05, 3.63) is 56.8 Å². The summed E-state index contributed by atoms with van der Waals surface area (Å²) >= 11 is 0. The zero-order chi connectivity index (χ0) is 19.5. The molecule has 28 heavy (non-hydrogen) atoms. The highest BCUT2D eigenvalue weighted by Gasteiger charge is 2.26. The van der Waals surface area contributed by atoms with Crippen LogP contribution in [0.15, 0.2) is 34.1 Å². The first-order valence-electron chi connectivity index (χ1n) is 10.3. The van der Waals surface area contributed by atoms with Crippen LogP contribution in [0.3, 0.4) is 0 Å². The third kappa shape index (κ3) is 3.53. The monoisotopic (exact) mass is 381 g/mol. The Bertz CT molecular complexity index is 1060. The molecule has 3 heterocycles. The summed E-state index contributed by atoms with van der Waals surface area (Å²) in [6, 6.07) is 3.95. The average Bonchev–Trinajstić information content (AvgIpc) is 3.34. The summed E-state index contributed by atoms with van der Waals surface area (Å²) in [7, 11) is 0. The molecule has 0 aliphatic heterocycles. The van der Waals surface area contributed by atoms with E-state index in [4.69, 9.17) is 4.98 Å². The zero-order valence-corrected chi connectivity index (χ0v) is 16.4. The predicted octanol–water partition coefficient (Wildman–Crippen LogP) is 2.98. The van der Waals surface area contributed by atoms with Gasteiger partial charge in [-0.05, 0) is 43.7 Å². The van der Waals surface area contributed by atoms with Crippen molar-refractivity contribution in [2.75, 3.05) is 0 Å². The van der Waals surface area contributed by atoms with E-state index < -0.39 is 0 Å². The van der Waals surface area contributed by atoms with Crippen LogP contribution in [0.2, 0.25) is 0 Å². The van der Waals surface area contributed by atoms with Gasteiger partial charge in [-0.2, -0.15) is 0 Å². The second-order valence-electron chi connectivity index (χ2n) is 7.65. The summed E-state index contributed by atoms with van der Waals surface area (Å²) in [5.41, 5.74) is 1.52. The van der Waals surface area contributed by atoms with Gasteiger partial charge in [0.2, 0.25) is 0 Å². The fourth-order valence-electron chi connectivity index (χ4n) is 4.33. The van der Waals surface area contributed by atoms with Crippen molar-refractivity contribution in [2.24, 2.45) is 0 Å². The van der Waals surface area contributed by atoms with Gasteiger partial charge in [0.05, 0.1) is 0 Å². The third-order valence-electron chi connectivity index (χ3n) is 5.65. The number of pyridine rings is 1. The lowest BCUT2D eigenvalue weighted by atomic mass is 10.1. The second-order valence-corrected chi connectivity index (χ2v) is 7.65. The van der Waals surface area contributed by atoms with Gasteiger partial charge in [-0.25, -0.2) is 9.78 Å². The van der Waals surface area contributed by atoms with Crippen molar-refractivity contribution in [3.8, 4) is 0 Å². The lowest BCUT2D eigenvalue weighted by Gasteiger charge is -2.12. The van der Waals surface area contributed by atoms with Gasteiger partial charge in [0.1, 0.15) is 5.82 Å². The first-order valence-corrected chi connectivity index (χ1v) is 10.3. The topological polar surface area (TPSA) is 85.6 Å². The highest BCUT2D eigenvalue weighted by atomic mass is 16.2. The quantitative estimate of drug-likeness (QED) is 0.682. The van der Waals surface area contributed by atoms with E-state index >= 15 is 0 Å². The number of hydrogen-bond acceptors (Lipinski definition) is 4. The molecule has 1 aliphatic carbocycles. The van der Waals surface area contributed by atoms with Gasteiger partial charge in [-0.3, -0.25) is 19.3 Å². The lowest BCUT2D eigenvalue weighted by Crippen LogP contribution is -2.31. The molecule has 0 amide bonds. The molecule has 0 spiro atoms. The minimum absolute atomic E-state index is 0.325. The molecule has 0 aromatic carbocycles. The fraction of sp³-hybridized carbons (Fsp3) is 0.524. The van der Waals surface area contributed by atoms with E-state index in [1.807, 2.05) is 18.3 Å². The molecule has 7 heteroatoms. The molecule has 0 bridgehead atoms. The molecule has 3 aromatic rings. The van der Waals surface area contributed by atoms with Crippen LogP contribution < -0.4 is 11.2 Å². The van der Waals surface area contributed by atoms with E-state index in [0.717, 1.165) is 50.0 Å². The molecule has 4 rings (SSSR count). The van der Waals surface area contributed by atoms with Gasteiger partial charge >= 0.3 is 5.69 Å². The van der Waals surface area contributed by atoms with Crippen LogP contribution in [0.25, 0.3) is 11.2 Å². The second kappa shape index (κ2) is 8.12. The van der Waals surface area contributed by atoms with Crippen LogP contribution in [0, 0.1) is 0 Å². The molecule has 0 saturated heterocycles. The number of hydrogen-bond donors (Lipinski definition) is 1. The number of rotatable bonds is 7. The number of aryl methyl sites for hydroxylation is 3. The van der Waals surface area contributed by atoms with Crippen molar-refractivity contribution in [3.63, 3.8) is 0 Å². The number of aromatic amines is 1. The zero-order valence-electron chi connectivity index (χ0n) is 16.4. The van der Waals surface area contributed by atoms with Crippen LogP contribution in [0.4, 0.5) is 0 Å². The third-order valence-corrected chi connectivity index (χ3v) is 5.65. The largest absolute Gasteiger partial charge is 0.330 e. The van der Waals surface area contributed by atoms with Crippen LogP contribution in [-0.2, 0) is 19.5 Å². The maximum atomic E-state index is 12.6. The Kier molecular flexibility index (Phi) is 5.41. The molecule has 0 unspecified atom stereocenters. The first kappa shape index (κ1) is 18.7. The number of imidazole rings is 1. The molecule has 1 saturated carbocycles. The molecule has 7 nitrogen and oxygen atoms in total. The molecule has 3 aromatic heterocycles. The number of H-pyrrole nitrogens is 1. The van der Waals surface area contributed by atoms with Crippen molar-refractivity contribution in [1.82, 2.24) is 24.1 Å². The smallest absolute Gasteiger partial charge is 0.322 e. The highest BCUT2D eigenvalue weighted by molar-refractivity contribution is 5.71. The van der Waals surface area contributed by atoms with Gasteiger partial charge in [-0.15, -0.1) is 0 Å². The average molecular weight is 381 g/mol. The van der Waals surface area contributed by atoms with E-state index in [-0.39, 0.29) is 11.2 Å². The molecule has 0 atom stereocenters. The number of fused-ring (bicyclic) bond motifs is 1. The first-order chi connectivity index (χ1) is 13.7. The van der Waals surface area contributed by atoms with E-state index in [9.17, 15) is 9.59 Å². The van der Waals surface area contributed by atoms with E-state index in [1.54, 1.807) is 10.8 Å². The number of aromatic nitrogens is 5. The summed E-state index contributed by atoms with van der Waals surface area (Å²) in [4.78, 5) is 36.7. The minimum atomic E-state index is -0.372. The summed E-state index contributed by atoms with van der Waals surface area (Å²) in [5.74, 6) is 1.36. The van der Waals surface area contributed by atoms with Crippen molar-refractivity contribution >= 4 is 11.2 Å². The molecule has 1 fully saturated rings. The maximum absolute atomic E-state index is 12.6. The Morgan fingerprint density at radius 2 is 2.00 bits per heavy atom. The Labute approximate surface area is 163 Å². The molecule has 148 valence electrons. The maximum Gasteiger partial charge on any atom is 0.330 e. The summed E-state index contributed by atoms with van der Waals surface area (Å²) < 4.78 is 3.69. The van der Waals surface area contributed by atoms with Crippen molar-refractivity contribution < 1.29 is 0 Å². The summed E-state index contributed by atoms with van der Waals surface area (Å²) in [6.45, 7) is 3.37. The van der Waals surface area contributed by atoms with E-state index in [0.29, 0.717) is 23.6 Å². The van der Waals surface area contributed by atoms with Crippen LogP contribution >= 0.6 is 0 Å². The van der Waals surface area contributed by atoms with Gasteiger partial charge in [0, 0.05) is 31.4 Å². The van der Waals surface area contributed by atoms with Crippen molar-refractivity contribution in [2.45, 2.75) is 70.9 Å². The van der Waals surface area contributed by atoms with Gasteiger partial charge < -0.3 is 4.57 Å². The van der Waals surface area contributed by atoms with Crippen LogP contribution in [0.5, 0.6) is 0 Å². The summed E-state index contributed by atoms with van der Waals surface area (Å²) in [6.07, 6.45) is 10.8. The lowest BCUT2D eigenvalue weighted by molar-refractivity contribution is 0.584. The van der Waals surface area contributed by atoms with Gasteiger partial charge in [0.25, 0.3) is 5.56 Å². The van der Waals surface area contributed by atoms with Crippen molar-refractivity contribution in [1.29, 1.82) is 0 Å². The standard InChI is InChI=1S/C21H27N5O2/c1-2-12-25-17-19(23-18(25)16-9-3-4-10-16)26(21(28)24-20(17)27)13-6-8-15-7-5-11-22-14-15/h5,7,11,14,16H,2-4,6,8-10,12-13H2,1H3,(H,24,27,28). The normalized spacial score (nSPS) is 14.9. The minimum Gasteiger partial charge on any atom is -0.322 e. The molecule has 1 aliphatic rings. The Hall–Kier alpha value is -2.70. The molecule has 1 N–H and O–H groups in total. The highest BCUT2D eigenvalue weighted by Crippen LogP contribution is 2.34. The number of nitrogens with one attached hydrogen (secondary N) is 1. The Balaban J connectivity index is 1.72. The fourth-order valence-corrected chi connectivity index (χ4v) is 4.33. The Morgan fingerprint density at radius 1 is 1.18 bits per heavy atom. The van der Waals surface area contributed by atoms with Gasteiger partial charge in [-0.1, -0.05) is 25.8 Å². The SMILES string of the molecule is CCCn1c(C2CCCC2)nc2c1c(=O)[nH]c(=O)n2CCCc1cccnc1. The van der Waals surface area contributed by atoms with E-state index in [1.165, 1.54) is 12.8 Å². The molecular formula is C21H27N5O2. The predicted molar refractivity (Wildman–Crippen MR) is 109 cm³/mol. The van der Waals surface area contributed by atoms with E-state index in [2.05, 4.69) is 21.5 Å². The summed E-state index contributed by atoms with van der Waals surface area (Å²) in [5, 5.41) is 0. The molecule has 0 radical (unpaired) electrons. The van der Waals surface area contributed by atoms with Crippen LogP contribution in [-0.4, -0.2) is 24.1 Å². The Morgan fingerprint density at radius 3 is 2.71 bits per heavy atom. The molecular weight excluding hydrogens is 354 g/mol. The van der Waals surface area contributed by atoms with Gasteiger partial charge in [0.15, 0.2) is 11.2 Å². The van der Waals surface area contributed by atoms with Crippen LogP contribution in [0.1, 0.15) is 62.8 Å². The number of nitrogens with zero attached hydrogens (tertiary/aromatic N) is 4.